The molecule has 0 saturated carbocycles. The minimum Gasteiger partial charge on any atom is -0.389 e. The molecule has 1 unspecified atom stereocenters. The van der Waals surface area contributed by atoms with Crippen molar-refractivity contribution in [1.29, 1.82) is 0 Å². The average molecular weight is 241 g/mol. The van der Waals surface area contributed by atoms with Gasteiger partial charge < -0.3 is 16.8 Å². The van der Waals surface area contributed by atoms with Crippen molar-refractivity contribution in [1.82, 2.24) is 0 Å². The van der Waals surface area contributed by atoms with Crippen LogP contribution in [0.5, 0.6) is 0 Å². The van der Waals surface area contributed by atoms with Gasteiger partial charge in [-0.05, 0) is 25.1 Å². The summed E-state index contributed by atoms with van der Waals surface area (Å²) in [6.45, 7) is 1.54. The van der Waals surface area contributed by atoms with Crippen LogP contribution in [0.4, 0.5) is 10.1 Å². The molecule has 1 amide bonds. The number of thiocarbonyl (C=S) groups is 1. The van der Waals surface area contributed by atoms with Crippen molar-refractivity contribution in [3.63, 3.8) is 0 Å². The molecule has 5 N–H and O–H groups in total. The lowest BCUT2D eigenvalue weighted by Gasteiger charge is -2.12. The smallest absolute Gasteiger partial charge is 0.239 e. The maximum atomic E-state index is 13.5. The summed E-state index contributed by atoms with van der Waals surface area (Å²) < 4.78 is 13.5. The summed E-state index contributed by atoms with van der Waals surface area (Å²) in [7, 11) is 0. The lowest BCUT2D eigenvalue weighted by Crippen LogP contribution is -2.32. The van der Waals surface area contributed by atoms with E-state index in [0.29, 0.717) is 5.56 Å². The number of nitrogens with two attached hydrogens (primary N) is 2. The molecular formula is C10H12FN3OS. The van der Waals surface area contributed by atoms with Gasteiger partial charge in [-0.3, -0.25) is 4.79 Å². The van der Waals surface area contributed by atoms with Gasteiger partial charge in [0.2, 0.25) is 5.91 Å². The average Bonchev–Trinajstić information content (AvgIpc) is 2.20. The highest BCUT2D eigenvalue weighted by Gasteiger charge is 2.11. The van der Waals surface area contributed by atoms with Crippen molar-refractivity contribution in [3.05, 3.63) is 29.6 Å². The Labute approximate surface area is 97.8 Å². The van der Waals surface area contributed by atoms with Gasteiger partial charge in [-0.2, -0.15) is 0 Å². The van der Waals surface area contributed by atoms with Crippen LogP contribution in [0.3, 0.4) is 0 Å². The molecule has 0 aliphatic heterocycles. The van der Waals surface area contributed by atoms with E-state index in [4.69, 9.17) is 23.7 Å². The number of amides is 1. The van der Waals surface area contributed by atoms with Gasteiger partial charge in [0, 0.05) is 5.56 Å². The number of anilines is 1. The first-order valence-corrected chi connectivity index (χ1v) is 4.98. The molecule has 0 aromatic heterocycles. The first-order chi connectivity index (χ1) is 7.41. The highest BCUT2D eigenvalue weighted by atomic mass is 32.1. The second-order valence-corrected chi connectivity index (χ2v) is 3.77. The van der Waals surface area contributed by atoms with E-state index in [1.165, 1.54) is 12.1 Å². The van der Waals surface area contributed by atoms with Gasteiger partial charge in [-0.1, -0.05) is 12.2 Å². The molecular weight excluding hydrogens is 229 g/mol. The lowest BCUT2D eigenvalue weighted by atomic mass is 10.2. The fourth-order valence-electron chi connectivity index (χ4n) is 1.09. The number of hydrogen-bond acceptors (Lipinski definition) is 3. The molecule has 16 heavy (non-hydrogen) atoms. The van der Waals surface area contributed by atoms with Crippen LogP contribution in [-0.2, 0) is 4.79 Å². The van der Waals surface area contributed by atoms with Crippen LogP contribution in [0.2, 0.25) is 0 Å². The number of primary amides is 1. The van der Waals surface area contributed by atoms with Crippen molar-refractivity contribution in [3.8, 4) is 0 Å². The van der Waals surface area contributed by atoms with Crippen molar-refractivity contribution < 1.29 is 9.18 Å². The summed E-state index contributed by atoms with van der Waals surface area (Å²) in [6.07, 6.45) is 0. The molecule has 0 radical (unpaired) electrons. The molecule has 1 rings (SSSR count). The lowest BCUT2D eigenvalue weighted by molar-refractivity contribution is -0.118. The zero-order chi connectivity index (χ0) is 12.3. The number of carbonyl (C=O) groups is 1. The molecule has 1 aromatic carbocycles. The Morgan fingerprint density at radius 1 is 1.50 bits per heavy atom. The van der Waals surface area contributed by atoms with E-state index in [2.05, 4.69) is 5.32 Å². The third kappa shape index (κ3) is 2.90. The molecule has 6 heteroatoms. The Morgan fingerprint density at radius 3 is 2.56 bits per heavy atom. The quantitative estimate of drug-likeness (QED) is 0.679. The van der Waals surface area contributed by atoms with Crippen LogP contribution < -0.4 is 16.8 Å². The predicted molar refractivity (Wildman–Crippen MR) is 64.6 cm³/mol. The fourth-order valence-corrected chi connectivity index (χ4v) is 1.22. The number of nitrogens with one attached hydrogen (secondary N) is 1. The molecule has 0 saturated heterocycles. The highest BCUT2D eigenvalue weighted by Crippen LogP contribution is 2.16. The molecule has 1 atom stereocenters. The van der Waals surface area contributed by atoms with E-state index < -0.39 is 17.8 Å². The SMILES string of the molecule is CC(Nc1ccc(C(N)=S)cc1F)C(N)=O. The Kier molecular flexibility index (Phi) is 3.78. The first-order valence-electron chi connectivity index (χ1n) is 4.57. The van der Waals surface area contributed by atoms with E-state index in [0.717, 1.165) is 0 Å². The molecule has 0 bridgehead atoms. The van der Waals surface area contributed by atoms with Crippen LogP contribution in [0.25, 0.3) is 0 Å². The highest BCUT2D eigenvalue weighted by molar-refractivity contribution is 7.80. The third-order valence-electron chi connectivity index (χ3n) is 2.05. The summed E-state index contributed by atoms with van der Waals surface area (Å²) in [4.78, 5) is 10.9. The van der Waals surface area contributed by atoms with Gasteiger partial charge >= 0.3 is 0 Å². The minimum atomic E-state index is -0.648. The molecule has 4 nitrogen and oxygen atoms in total. The Balaban J connectivity index is 2.91. The van der Waals surface area contributed by atoms with Gasteiger partial charge in [0.15, 0.2) is 0 Å². The number of hydrogen-bond donors (Lipinski definition) is 3. The summed E-state index contributed by atoms with van der Waals surface area (Å²) in [5.41, 5.74) is 11.0. The van der Waals surface area contributed by atoms with E-state index >= 15 is 0 Å². The number of benzene rings is 1. The van der Waals surface area contributed by atoms with Crippen LogP contribution >= 0.6 is 12.2 Å². The molecule has 0 heterocycles. The van der Waals surface area contributed by atoms with Crippen LogP contribution in [0, 0.1) is 5.82 Å². The third-order valence-corrected chi connectivity index (χ3v) is 2.29. The second kappa shape index (κ2) is 4.89. The topological polar surface area (TPSA) is 81.1 Å². The monoisotopic (exact) mass is 241 g/mol. The largest absolute Gasteiger partial charge is 0.389 e. The van der Waals surface area contributed by atoms with Crippen molar-refractivity contribution in [2.24, 2.45) is 11.5 Å². The number of halogens is 1. The van der Waals surface area contributed by atoms with Crippen molar-refractivity contribution in [2.75, 3.05) is 5.32 Å². The summed E-state index contributed by atoms with van der Waals surface area (Å²) in [5, 5.41) is 2.64. The van der Waals surface area contributed by atoms with Crippen molar-refractivity contribution >= 4 is 28.8 Å². The van der Waals surface area contributed by atoms with Crippen LogP contribution in [-0.4, -0.2) is 16.9 Å². The van der Waals surface area contributed by atoms with Gasteiger partial charge in [0.05, 0.1) is 5.69 Å². The Morgan fingerprint density at radius 2 is 2.12 bits per heavy atom. The molecule has 0 fully saturated rings. The zero-order valence-electron chi connectivity index (χ0n) is 8.66. The standard InChI is InChI=1S/C10H12FN3OS/c1-5(9(12)15)14-8-3-2-6(10(13)16)4-7(8)11/h2-5,14H,1H3,(H2,12,15)(H2,13,16). The van der Waals surface area contributed by atoms with Gasteiger partial charge in [0.1, 0.15) is 16.8 Å². The second-order valence-electron chi connectivity index (χ2n) is 3.33. The molecule has 86 valence electrons. The predicted octanol–water partition coefficient (Wildman–Crippen LogP) is 0.746. The van der Waals surface area contributed by atoms with E-state index in [1.54, 1.807) is 13.0 Å². The summed E-state index contributed by atoms with van der Waals surface area (Å²) in [6, 6.07) is 3.59. The maximum Gasteiger partial charge on any atom is 0.239 e. The number of carbonyl (C=O) groups excluding carboxylic acids is 1. The van der Waals surface area contributed by atoms with Gasteiger partial charge in [0.25, 0.3) is 0 Å². The maximum absolute atomic E-state index is 13.5. The van der Waals surface area contributed by atoms with E-state index in [9.17, 15) is 9.18 Å². The molecule has 0 aliphatic rings. The van der Waals surface area contributed by atoms with Crippen LogP contribution in [0.1, 0.15) is 12.5 Å². The van der Waals surface area contributed by atoms with E-state index in [-0.39, 0.29) is 10.7 Å². The van der Waals surface area contributed by atoms with Crippen LogP contribution in [0.15, 0.2) is 18.2 Å². The molecule has 0 aliphatic carbocycles. The Hall–Kier alpha value is -1.69. The minimum absolute atomic E-state index is 0.119. The Bertz CT molecular complexity index is 436. The number of rotatable bonds is 4. The van der Waals surface area contributed by atoms with E-state index in [1.807, 2.05) is 0 Å². The normalized spacial score (nSPS) is 11.9. The van der Waals surface area contributed by atoms with Gasteiger partial charge in [-0.25, -0.2) is 4.39 Å². The summed E-state index contributed by atoms with van der Waals surface area (Å²) in [5.74, 6) is -1.09. The molecule has 1 aromatic rings. The molecule has 0 spiro atoms. The van der Waals surface area contributed by atoms with Gasteiger partial charge in [-0.15, -0.1) is 0 Å². The van der Waals surface area contributed by atoms with Crippen molar-refractivity contribution in [2.45, 2.75) is 13.0 Å². The first kappa shape index (κ1) is 12.4. The summed E-state index contributed by atoms with van der Waals surface area (Å²) >= 11 is 4.71. The fraction of sp³-hybridized carbons (Fsp3) is 0.200. The zero-order valence-corrected chi connectivity index (χ0v) is 9.48.